The van der Waals surface area contributed by atoms with E-state index < -0.39 is 0 Å². The van der Waals surface area contributed by atoms with Crippen molar-refractivity contribution < 1.29 is 4.74 Å². The summed E-state index contributed by atoms with van der Waals surface area (Å²) in [6.07, 6.45) is 3.56. The van der Waals surface area contributed by atoms with Gasteiger partial charge in [0.15, 0.2) is 5.96 Å². The lowest BCUT2D eigenvalue weighted by Gasteiger charge is -2.26. The van der Waals surface area contributed by atoms with Crippen LogP contribution in [0.3, 0.4) is 0 Å². The van der Waals surface area contributed by atoms with Gasteiger partial charge in [0.1, 0.15) is 0 Å². The molecule has 1 rings (SSSR count). The van der Waals surface area contributed by atoms with Crippen molar-refractivity contribution in [1.29, 1.82) is 0 Å². The fourth-order valence-corrected chi connectivity index (χ4v) is 2.44. The van der Waals surface area contributed by atoms with Crippen LogP contribution in [-0.2, 0) is 4.74 Å². The molecule has 0 bridgehead atoms. The zero-order chi connectivity index (χ0) is 15.3. The molecule has 0 aromatic rings. The second-order valence-electron chi connectivity index (χ2n) is 5.64. The van der Waals surface area contributed by atoms with Gasteiger partial charge < -0.3 is 15.4 Å². The Balaban J connectivity index is 0.00000441. The number of hydrogen-bond donors (Lipinski definition) is 2. The number of ether oxygens (including phenoxy) is 1. The molecule has 1 fully saturated rings. The first-order valence-corrected chi connectivity index (χ1v) is 8.62. The maximum Gasteiger partial charge on any atom is 0.191 e. The Morgan fingerprint density at radius 3 is 2.41 bits per heavy atom. The molecule has 1 heterocycles. The van der Waals surface area contributed by atoms with Crippen LogP contribution in [0.2, 0.25) is 0 Å². The Kier molecular flexibility index (Phi) is 14.5. The van der Waals surface area contributed by atoms with Gasteiger partial charge in [-0.1, -0.05) is 26.7 Å². The van der Waals surface area contributed by atoms with E-state index in [1.54, 1.807) is 0 Å². The number of rotatable bonds is 9. The quantitative estimate of drug-likeness (QED) is 0.257. The molecule has 6 heteroatoms. The van der Waals surface area contributed by atoms with E-state index in [2.05, 4.69) is 36.3 Å². The molecule has 1 aliphatic rings. The summed E-state index contributed by atoms with van der Waals surface area (Å²) in [5, 5.41) is 6.77. The first-order valence-electron chi connectivity index (χ1n) is 8.62. The van der Waals surface area contributed by atoms with Crippen molar-refractivity contribution in [1.82, 2.24) is 15.5 Å². The maximum atomic E-state index is 5.37. The molecule has 0 spiro atoms. The van der Waals surface area contributed by atoms with Crippen molar-refractivity contribution in [2.45, 2.75) is 40.0 Å². The summed E-state index contributed by atoms with van der Waals surface area (Å²) < 4.78 is 5.37. The van der Waals surface area contributed by atoms with E-state index in [-0.39, 0.29) is 24.0 Å². The number of aliphatic imine (C=N–C) groups is 1. The molecule has 1 saturated heterocycles. The Bertz CT molecular complexity index is 279. The van der Waals surface area contributed by atoms with E-state index in [0.717, 1.165) is 64.9 Å². The average Bonchev–Trinajstić information content (AvgIpc) is 2.53. The molecule has 0 unspecified atom stereocenters. The first-order chi connectivity index (χ1) is 10.3. The van der Waals surface area contributed by atoms with Crippen LogP contribution in [0.1, 0.15) is 40.0 Å². The predicted octanol–water partition coefficient (Wildman–Crippen LogP) is 2.32. The lowest BCUT2D eigenvalue weighted by atomic mass is 10.0. The van der Waals surface area contributed by atoms with Crippen LogP contribution >= 0.6 is 24.0 Å². The number of guanidine groups is 1. The van der Waals surface area contributed by atoms with E-state index >= 15 is 0 Å². The summed E-state index contributed by atoms with van der Waals surface area (Å²) >= 11 is 0. The minimum absolute atomic E-state index is 0. The molecule has 0 amide bonds. The molecule has 5 nitrogen and oxygen atoms in total. The molecule has 22 heavy (non-hydrogen) atoms. The highest BCUT2D eigenvalue weighted by Gasteiger charge is 2.09. The molecule has 2 N–H and O–H groups in total. The van der Waals surface area contributed by atoms with Gasteiger partial charge in [-0.25, -0.2) is 0 Å². The summed E-state index contributed by atoms with van der Waals surface area (Å²) in [4.78, 5) is 7.17. The molecule has 0 radical (unpaired) electrons. The lowest BCUT2D eigenvalue weighted by molar-refractivity contribution is 0.0376. The number of halogens is 1. The summed E-state index contributed by atoms with van der Waals surface area (Å²) in [5.41, 5.74) is 0. The monoisotopic (exact) mass is 426 g/mol. The van der Waals surface area contributed by atoms with E-state index in [1.165, 1.54) is 12.8 Å². The number of hydrogen-bond acceptors (Lipinski definition) is 3. The summed E-state index contributed by atoms with van der Waals surface area (Å²) in [7, 11) is 0. The largest absolute Gasteiger partial charge is 0.379 e. The van der Waals surface area contributed by atoms with Crippen molar-refractivity contribution in [3.63, 3.8) is 0 Å². The fraction of sp³-hybridized carbons (Fsp3) is 0.938. The summed E-state index contributed by atoms with van der Waals surface area (Å²) in [6, 6.07) is 0. The van der Waals surface area contributed by atoms with Crippen LogP contribution in [0, 0.1) is 5.92 Å². The molecule has 0 aromatic carbocycles. The van der Waals surface area contributed by atoms with Gasteiger partial charge >= 0.3 is 0 Å². The maximum absolute atomic E-state index is 5.37. The molecular formula is C16H35IN4O. The van der Waals surface area contributed by atoms with Crippen molar-refractivity contribution >= 4 is 29.9 Å². The van der Waals surface area contributed by atoms with Gasteiger partial charge in [-0.2, -0.15) is 0 Å². The van der Waals surface area contributed by atoms with Gasteiger partial charge in [0.2, 0.25) is 0 Å². The minimum atomic E-state index is 0. The van der Waals surface area contributed by atoms with Crippen LogP contribution < -0.4 is 10.6 Å². The van der Waals surface area contributed by atoms with Gasteiger partial charge in [-0.05, 0) is 25.8 Å². The second-order valence-corrected chi connectivity index (χ2v) is 5.64. The third-order valence-corrected chi connectivity index (χ3v) is 4.05. The van der Waals surface area contributed by atoms with Gasteiger partial charge in [0, 0.05) is 32.7 Å². The highest BCUT2D eigenvalue weighted by atomic mass is 127. The van der Waals surface area contributed by atoms with E-state index in [9.17, 15) is 0 Å². The van der Waals surface area contributed by atoms with E-state index in [0.29, 0.717) is 5.92 Å². The van der Waals surface area contributed by atoms with Gasteiger partial charge in [0.25, 0.3) is 0 Å². The van der Waals surface area contributed by atoms with Crippen molar-refractivity contribution in [2.24, 2.45) is 10.9 Å². The van der Waals surface area contributed by atoms with Crippen molar-refractivity contribution in [3.05, 3.63) is 0 Å². The van der Waals surface area contributed by atoms with Crippen LogP contribution in [0.4, 0.5) is 0 Å². The smallest absolute Gasteiger partial charge is 0.191 e. The second kappa shape index (κ2) is 14.5. The third kappa shape index (κ3) is 9.84. The minimum Gasteiger partial charge on any atom is -0.379 e. The first kappa shape index (κ1) is 21.9. The van der Waals surface area contributed by atoms with Crippen molar-refractivity contribution in [2.75, 3.05) is 52.5 Å². The van der Waals surface area contributed by atoms with Gasteiger partial charge in [-0.3, -0.25) is 9.89 Å². The van der Waals surface area contributed by atoms with Crippen LogP contribution in [0.15, 0.2) is 4.99 Å². The van der Waals surface area contributed by atoms with Gasteiger partial charge in [0.05, 0.1) is 13.2 Å². The molecule has 1 aliphatic heterocycles. The van der Waals surface area contributed by atoms with Crippen LogP contribution in [-0.4, -0.2) is 63.3 Å². The zero-order valence-electron chi connectivity index (χ0n) is 14.6. The number of morpholine rings is 1. The predicted molar refractivity (Wildman–Crippen MR) is 105 cm³/mol. The average molecular weight is 426 g/mol. The topological polar surface area (TPSA) is 48.9 Å². The number of nitrogens with one attached hydrogen (secondary N) is 2. The Morgan fingerprint density at radius 1 is 1.14 bits per heavy atom. The van der Waals surface area contributed by atoms with Crippen LogP contribution in [0.5, 0.6) is 0 Å². The Hall–Kier alpha value is -0.0800. The molecule has 0 saturated carbocycles. The highest BCUT2D eigenvalue weighted by molar-refractivity contribution is 14.0. The fourth-order valence-electron chi connectivity index (χ4n) is 2.44. The summed E-state index contributed by atoms with van der Waals surface area (Å²) in [6.45, 7) is 14.5. The SMILES string of the molecule is CCNC(=NCC(CC)CC)NCCCN1CCOCC1.I. The standard InChI is InChI=1S/C16H34N4O.HI/c1-4-15(5-2)14-19-16(17-6-3)18-8-7-9-20-10-12-21-13-11-20;/h15H,4-14H2,1-3H3,(H2,17,18,19);1H. The molecule has 132 valence electrons. The normalized spacial score (nSPS) is 16.5. The molecule has 0 atom stereocenters. The Morgan fingerprint density at radius 2 is 1.82 bits per heavy atom. The number of nitrogens with zero attached hydrogens (tertiary/aromatic N) is 2. The highest BCUT2D eigenvalue weighted by Crippen LogP contribution is 2.07. The van der Waals surface area contributed by atoms with E-state index in [1.807, 2.05) is 0 Å². The molecular weight excluding hydrogens is 391 g/mol. The molecule has 0 aromatic heterocycles. The van der Waals surface area contributed by atoms with Crippen LogP contribution in [0.25, 0.3) is 0 Å². The molecule has 0 aliphatic carbocycles. The zero-order valence-corrected chi connectivity index (χ0v) is 16.9. The van der Waals surface area contributed by atoms with E-state index in [4.69, 9.17) is 9.73 Å². The summed E-state index contributed by atoms with van der Waals surface area (Å²) in [5.74, 6) is 1.67. The van der Waals surface area contributed by atoms with Gasteiger partial charge in [-0.15, -0.1) is 24.0 Å². The Labute approximate surface area is 153 Å². The van der Waals surface area contributed by atoms with Crippen molar-refractivity contribution in [3.8, 4) is 0 Å². The lowest BCUT2D eigenvalue weighted by Crippen LogP contribution is -2.41. The third-order valence-electron chi connectivity index (χ3n) is 4.05.